The highest BCUT2D eigenvalue weighted by Gasteiger charge is 2.28. The SMILES string of the molecule is CC1CC(=O)N(CCCS(C)(=O)=O)CC1N. The summed E-state index contributed by atoms with van der Waals surface area (Å²) in [4.78, 5) is 13.3. The van der Waals surface area contributed by atoms with E-state index in [9.17, 15) is 13.2 Å². The van der Waals surface area contributed by atoms with E-state index in [1.165, 1.54) is 6.26 Å². The van der Waals surface area contributed by atoms with E-state index >= 15 is 0 Å². The van der Waals surface area contributed by atoms with Crippen molar-refractivity contribution < 1.29 is 13.2 Å². The van der Waals surface area contributed by atoms with Gasteiger partial charge in [0, 0.05) is 31.8 Å². The Morgan fingerprint density at radius 1 is 1.50 bits per heavy atom. The van der Waals surface area contributed by atoms with Crippen LogP contribution in [0.15, 0.2) is 0 Å². The quantitative estimate of drug-likeness (QED) is 0.735. The van der Waals surface area contributed by atoms with Crippen molar-refractivity contribution in [2.75, 3.05) is 25.1 Å². The molecular formula is C10H20N2O3S. The van der Waals surface area contributed by atoms with E-state index in [1.54, 1.807) is 4.90 Å². The van der Waals surface area contributed by atoms with Crippen molar-refractivity contribution in [3.8, 4) is 0 Å². The van der Waals surface area contributed by atoms with Crippen LogP contribution in [0.5, 0.6) is 0 Å². The Labute approximate surface area is 96.9 Å². The number of amides is 1. The summed E-state index contributed by atoms with van der Waals surface area (Å²) < 4.78 is 21.9. The molecule has 1 rings (SSSR count). The van der Waals surface area contributed by atoms with Crippen LogP contribution in [-0.4, -0.2) is 50.4 Å². The first-order chi connectivity index (χ1) is 7.29. The van der Waals surface area contributed by atoms with Gasteiger partial charge < -0.3 is 10.6 Å². The highest BCUT2D eigenvalue weighted by Crippen LogP contribution is 2.16. The monoisotopic (exact) mass is 248 g/mol. The topological polar surface area (TPSA) is 80.5 Å². The van der Waals surface area contributed by atoms with Crippen molar-refractivity contribution >= 4 is 15.7 Å². The highest BCUT2D eigenvalue weighted by molar-refractivity contribution is 7.90. The predicted molar refractivity (Wildman–Crippen MR) is 62.7 cm³/mol. The first-order valence-corrected chi connectivity index (χ1v) is 7.57. The molecule has 5 nitrogen and oxygen atoms in total. The van der Waals surface area contributed by atoms with Crippen LogP contribution in [0.25, 0.3) is 0 Å². The Hall–Kier alpha value is -0.620. The maximum absolute atomic E-state index is 11.6. The molecule has 0 aliphatic carbocycles. The van der Waals surface area contributed by atoms with Gasteiger partial charge in [0.2, 0.25) is 5.91 Å². The minimum absolute atomic E-state index is 0.0101. The van der Waals surface area contributed by atoms with Gasteiger partial charge in [-0.3, -0.25) is 4.79 Å². The van der Waals surface area contributed by atoms with Gasteiger partial charge in [0.15, 0.2) is 0 Å². The number of likely N-dealkylation sites (tertiary alicyclic amines) is 1. The second kappa shape index (κ2) is 5.14. The zero-order valence-corrected chi connectivity index (χ0v) is 10.7. The van der Waals surface area contributed by atoms with Crippen molar-refractivity contribution in [1.82, 2.24) is 4.90 Å². The van der Waals surface area contributed by atoms with Gasteiger partial charge in [0.25, 0.3) is 0 Å². The average Bonchev–Trinajstić information content (AvgIpc) is 2.11. The number of hydrogen-bond donors (Lipinski definition) is 1. The molecule has 1 heterocycles. The number of nitrogens with zero attached hydrogens (tertiary/aromatic N) is 1. The van der Waals surface area contributed by atoms with Gasteiger partial charge in [0.05, 0.1) is 5.75 Å². The van der Waals surface area contributed by atoms with Crippen LogP contribution >= 0.6 is 0 Å². The van der Waals surface area contributed by atoms with E-state index in [0.717, 1.165) is 0 Å². The van der Waals surface area contributed by atoms with E-state index < -0.39 is 9.84 Å². The Morgan fingerprint density at radius 3 is 2.69 bits per heavy atom. The third kappa shape index (κ3) is 4.09. The Balaban J connectivity index is 2.40. The number of sulfone groups is 1. The molecule has 6 heteroatoms. The largest absolute Gasteiger partial charge is 0.341 e. The van der Waals surface area contributed by atoms with Crippen LogP contribution in [0.1, 0.15) is 19.8 Å². The maximum atomic E-state index is 11.6. The molecule has 0 radical (unpaired) electrons. The second-order valence-electron chi connectivity index (χ2n) is 4.67. The summed E-state index contributed by atoms with van der Waals surface area (Å²) >= 11 is 0. The van der Waals surface area contributed by atoms with Gasteiger partial charge in [-0.2, -0.15) is 0 Å². The molecule has 1 aliphatic heterocycles. The van der Waals surface area contributed by atoms with E-state index in [4.69, 9.17) is 5.73 Å². The van der Waals surface area contributed by atoms with Gasteiger partial charge in [-0.05, 0) is 12.3 Å². The Kier molecular flexibility index (Phi) is 4.32. The van der Waals surface area contributed by atoms with Crippen molar-refractivity contribution in [3.63, 3.8) is 0 Å². The van der Waals surface area contributed by atoms with Crippen molar-refractivity contribution in [3.05, 3.63) is 0 Å². The zero-order valence-electron chi connectivity index (χ0n) is 9.85. The highest BCUT2D eigenvalue weighted by atomic mass is 32.2. The summed E-state index contributed by atoms with van der Waals surface area (Å²) in [5, 5.41) is 0. The summed E-state index contributed by atoms with van der Waals surface area (Å²) in [6, 6.07) is 0.0101. The summed E-state index contributed by atoms with van der Waals surface area (Å²) in [7, 11) is -2.94. The lowest BCUT2D eigenvalue weighted by atomic mass is 9.94. The standard InChI is InChI=1S/C10H20N2O3S/c1-8-6-10(13)12(7-9(8)11)4-3-5-16(2,14)15/h8-9H,3-7,11H2,1-2H3. The molecule has 1 saturated heterocycles. The molecule has 1 aliphatic rings. The first-order valence-electron chi connectivity index (χ1n) is 5.50. The van der Waals surface area contributed by atoms with Crippen LogP contribution in [0.2, 0.25) is 0 Å². The van der Waals surface area contributed by atoms with Gasteiger partial charge in [0.1, 0.15) is 9.84 Å². The van der Waals surface area contributed by atoms with E-state index in [-0.39, 0.29) is 23.6 Å². The predicted octanol–water partition coefficient (Wildman–Crippen LogP) is -0.383. The molecule has 2 atom stereocenters. The normalized spacial score (nSPS) is 27.2. The van der Waals surface area contributed by atoms with Gasteiger partial charge in [-0.15, -0.1) is 0 Å². The summed E-state index contributed by atoms with van der Waals surface area (Å²) in [6.07, 6.45) is 2.17. The minimum atomic E-state index is -2.94. The molecule has 0 aromatic heterocycles. The van der Waals surface area contributed by atoms with E-state index in [2.05, 4.69) is 0 Å². The first kappa shape index (κ1) is 13.4. The van der Waals surface area contributed by atoms with Gasteiger partial charge in [-0.1, -0.05) is 6.92 Å². The average molecular weight is 248 g/mol. The fraction of sp³-hybridized carbons (Fsp3) is 0.900. The number of carbonyl (C=O) groups excluding carboxylic acids is 1. The third-order valence-corrected chi connectivity index (χ3v) is 3.98. The molecule has 2 unspecified atom stereocenters. The molecule has 2 N–H and O–H groups in total. The lowest BCUT2D eigenvalue weighted by Gasteiger charge is -2.34. The van der Waals surface area contributed by atoms with Gasteiger partial charge >= 0.3 is 0 Å². The van der Waals surface area contributed by atoms with Crippen molar-refractivity contribution in [2.45, 2.75) is 25.8 Å². The summed E-state index contributed by atoms with van der Waals surface area (Å²) in [5.74, 6) is 0.433. The van der Waals surface area contributed by atoms with Crippen LogP contribution in [0, 0.1) is 5.92 Å². The molecule has 0 aromatic carbocycles. The molecule has 1 fully saturated rings. The number of nitrogens with two attached hydrogens (primary N) is 1. The molecule has 0 saturated carbocycles. The van der Waals surface area contributed by atoms with Crippen LogP contribution in [0.4, 0.5) is 0 Å². The fourth-order valence-corrected chi connectivity index (χ4v) is 2.48. The molecule has 94 valence electrons. The Morgan fingerprint density at radius 2 is 2.12 bits per heavy atom. The molecule has 1 amide bonds. The smallest absolute Gasteiger partial charge is 0.222 e. The summed E-state index contributed by atoms with van der Waals surface area (Å²) in [5.41, 5.74) is 5.88. The van der Waals surface area contributed by atoms with Crippen molar-refractivity contribution in [1.29, 1.82) is 0 Å². The van der Waals surface area contributed by atoms with E-state index in [0.29, 0.717) is 25.9 Å². The molecule has 0 bridgehead atoms. The number of hydrogen-bond acceptors (Lipinski definition) is 4. The van der Waals surface area contributed by atoms with Crippen LogP contribution in [-0.2, 0) is 14.6 Å². The zero-order chi connectivity index (χ0) is 12.3. The molecular weight excluding hydrogens is 228 g/mol. The number of carbonyl (C=O) groups is 1. The number of rotatable bonds is 4. The van der Waals surface area contributed by atoms with Gasteiger partial charge in [-0.25, -0.2) is 8.42 Å². The number of piperidine rings is 1. The van der Waals surface area contributed by atoms with Crippen LogP contribution in [0.3, 0.4) is 0 Å². The third-order valence-electron chi connectivity index (χ3n) is 2.95. The maximum Gasteiger partial charge on any atom is 0.222 e. The molecule has 0 aromatic rings. The summed E-state index contributed by atoms with van der Waals surface area (Å²) in [6.45, 7) is 3.01. The molecule has 16 heavy (non-hydrogen) atoms. The molecule has 0 spiro atoms. The van der Waals surface area contributed by atoms with Crippen molar-refractivity contribution in [2.24, 2.45) is 11.7 Å². The second-order valence-corrected chi connectivity index (χ2v) is 6.93. The van der Waals surface area contributed by atoms with E-state index in [1.807, 2.05) is 6.92 Å². The Bertz CT molecular complexity index is 353. The fourth-order valence-electron chi connectivity index (χ4n) is 1.83. The lowest BCUT2D eigenvalue weighted by Crippen LogP contribution is -2.50. The lowest BCUT2D eigenvalue weighted by molar-refractivity contribution is -0.135. The minimum Gasteiger partial charge on any atom is -0.341 e. The van der Waals surface area contributed by atoms with Crippen LogP contribution < -0.4 is 5.73 Å².